The van der Waals surface area contributed by atoms with E-state index in [1.54, 1.807) is 6.07 Å². The maximum absolute atomic E-state index is 12.3. The molecule has 0 aliphatic carbocycles. The normalized spacial score (nSPS) is 13.6. The van der Waals surface area contributed by atoms with Gasteiger partial charge in [0.2, 0.25) is 5.91 Å². The lowest BCUT2D eigenvalue weighted by Gasteiger charge is -2.18. The molecule has 1 aromatic carbocycles. The number of hydrogen-bond donors (Lipinski definition) is 2. The molecule has 0 saturated heterocycles. The van der Waals surface area contributed by atoms with Gasteiger partial charge in [0, 0.05) is 19.0 Å². The smallest absolute Gasteiger partial charge is 0.221 e. The van der Waals surface area contributed by atoms with Gasteiger partial charge in [-0.05, 0) is 31.5 Å². The van der Waals surface area contributed by atoms with E-state index < -0.39 is 9.84 Å². The molecule has 1 aliphatic heterocycles. The van der Waals surface area contributed by atoms with Gasteiger partial charge in [-0.15, -0.1) is 0 Å². The molecule has 2 rings (SSSR count). The van der Waals surface area contributed by atoms with Crippen LogP contribution in [0.2, 0.25) is 0 Å². The number of nitrogens with one attached hydrogen (secondary N) is 1. The van der Waals surface area contributed by atoms with E-state index in [-0.39, 0.29) is 23.0 Å². The van der Waals surface area contributed by atoms with Crippen molar-refractivity contribution in [1.82, 2.24) is 5.32 Å². The quantitative estimate of drug-likeness (QED) is 0.665. The van der Waals surface area contributed by atoms with E-state index in [1.165, 1.54) is 12.1 Å². The van der Waals surface area contributed by atoms with Gasteiger partial charge >= 0.3 is 0 Å². The van der Waals surface area contributed by atoms with Crippen LogP contribution >= 0.6 is 0 Å². The van der Waals surface area contributed by atoms with E-state index in [0.717, 1.165) is 12.8 Å². The highest BCUT2D eigenvalue weighted by atomic mass is 32.2. The van der Waals surface area contributed by atoms with Crippen LogP contribution in [0.15, 0.2) is 23.1 Å². The number of benzene rings is 1. The first-order chi connectivity index (χ1) is 11.0. The number of fused-ring (bicyclic) bond motifs is 1. The molecular formula is C15H22N2O5S. The van der Waals surface area contributed by atoms with Crippen molar-refractivity contribution in [3.05, 3.63) is 18.2 Å². The fraction of sp³-hybridized carbons (Fsp3) is 0.533. The van der Waals surface area contributed by atoms with Crippen molar-refractivity contribution >= 4 is 15.7 Å². The molecule has 23 heavy (non-hydrogen) atoms. The molecule has 0 bridgehead atoms. The second kappa shape index (κ2) is 8.16. The van der Waals surface area contributed by atoms with Crippen LogP contribution in [0.4, 0.5) is 0 Å². The summed E-state index contributed by atoms with van der Waals surface area (Å²) in [5.41, 5.74) is 5.36. The molecule has 0 spiro atoms. The third-order valence-corrected chi connectivity index (χ3v) is 5.14. The van der Waals surface area contributed by atoms with Crippen LogP contribution < -0.4 is 20.5 Å². The predicted molar refractivity (Wildman–Crippen MR) is 85.4 cm³/mol. The second-order valence-corrected chi connectivity index (χ2v) is 7.33. The molecule has 0 aromatic heterocycles. The molecule has 1 amide bonds. The fourth-order valence-electron chi connectivity index (χ4n) is 2.15. The highest BCUT2D eigenvalue weighted by molar-refractivity contribution is 7.91. The van der Waals surface area contributed by atoms with Crippen molar-refractivity contribution in [3.63, 3.8) is 0 Å². The number of rotatable bonds is 8. The highest BCUT2D eigenvalue weighted by Crippen LogP contribution is 2.32. The average molecular weight is 342 g/mol. The van der Waals surface area contributed by atoms with Gasteiger partial charge < -0.3 is 20.5 Å². The molecule has 0 fully saturated rings. The summed E-state index contributed by atoms with van der Waals surface area (Å²) in [4.78, 5) is 11.8. The summed E-state index contributed by atoms with van der Waals surface area (Å²) >= 11 is 0. The van der Waals surface area contributed by atoms with Crippen LogP contribution in [-0.2, 0) is 14.6 Å². The average Bonchev–Trinajstić information content (AvgIpc) is 2.56. The lowest BCUT2D eigenvalue weighted by molar-refractivity contribution is -0.120. The molecule has 1 aliphatic rings. The monoisotopic (exact) mass is 342 g/mol. The summed E-state index contributed by atoms with van der Waals surface area (Å²) in [6.07, 6.45) is 1.55. The molecule has 0 radical (unpaired) electrons. The van der Waals surface area contributed by atoms with Gasteiger partial charge in [-0.1, -0.05) is 0 Å². The highest BCUT2D eigenvalue weighted by Gasteiger charge is 2.20. The van der Waals surface area contributed by atoms with Crippen LogP contribution in [0, 0.1) is 0 Å². The van der Waals surface area contributed by atoms with Crippen LogP contribution in [0.5, 0.6) is 11.5 Å². The summed E-state index contributed by atoms with van der Waals surface area (Å²) < 4.78 is 35.4. The van der Waals surface area contributed by atoms with Crippen LogP contribution in [-0.4, -0.2) is 46.4 Å². The number of sulfone groups is 1. The third-order valence-electron chi connectivity index (χ3n) is 3.42. The number of ether oxygens (including phenoxy) is 2. The van der Waals surface area contributed by atoms with Gasteiger partial charge in [-0.2, -0.15) is 0 Å². The second-order valence-electron chi connectivity index (χ2n) is 5.22. The number of nitrogens with two attached hydrogens (primary N) is 1. The summed E-state index contributed by atoms with van der Waals surface area (Å²) in [5, 5.41) is 2.69. The summed E-state index contributed by atoms with van der Waals surface area (Å²) in [5.74, 6) is 0.439. The van der Waals surface area contributed by atoms with E-state index >= 15 is 0 Å². The van der Waals surface area contributed by atoms with Crippen molar-refractivity contribution in [3.8, 4) is 11.5 Å². The summed E-state index contributed by atoms with van der Waals surface area (Å²) in [7, 11) is -3.54. The Hall–Kier alpha value is -1.80. The minimum Gasteiger partial charge on any atom is -0.486 e. The Labute approximate surface area is 136 Å². The number of amides is 1. The lowest BCUT2D eigenvalue weighted by Crippen LogP contribution is -2.27. The van der Waals surface area contributed by atoms with Crippen LogP contribution in [0.3, 0.4) is 0 Å². The fourth-order valence-corrected chi connectivity index (χ4v) is 3.40. The molecule has 1 heterocycles. The molecule has 1 aromatic rings. The Kier molecular flexibility index (Phi) is 6.23. The van der Waals surface area contributed by atoms with Gasteiger partial charge in [0.15, 0.2) is 21.3 Å². The molecule has 3 N–H and O–H groups in total. The van der Waals surface area contributed by atoms with E-state index in [2.05, 4.69) is 5.32 Å². The number of hydrogen-bond acceptors (Lipinski definition) is 6. The van der Waals surface area contributed by atoms with Gasteiger partial charge in [0.05, 0.1) is 10.6 Å². The molecule has 128 valence electrons. The van der Waals surface area contributed by atoms with E-state index in [0.29, 0.717) is 37.8 Å². The summed E-state index contributed by atoms with van der Waals surface area (Å²) in [6.45, 7) is 1.93. The summed E-state index contributed by atoms with van der Waals surface area (Å²) in [6, 6.07) is 4.50. The van der Waals surface area contributed by atoms with Gasteiger partial charge in [0.25, 0.3) is 0 Å². The van der Waals surface area contributed by atoms with Crippen LogP contribution in [0.25, 0.3) is 0 Å². The lowest BCUT2D eigenvalue weighted by atomic mass is 10.3. The minimum absolute atomic E-state index is 0.0700. The Morgan fingerprint density at radius 3 is 2.65 bits per heavy atom. The first kappa shape index (κ1) is 17.6. The van der Waals surface area contributed by atoms with Gasteiger partial charge in [-0.3, -0.25) is 4.79 Å². The molecule has 7 nitrogen and oxygen atoms in total. The maximum Gasteiger partial charge on any atom is 0.221 e. The van der Waals surface area contributed by atoms with Gasteiger partial charge in [-0.25, -0.2) is 8.42 Å². The largest absolute Gasteiger partial charge is 0.486 e. The number of carbonyl (C=O) groups is 1. The predicted octanol–water partition coefficient (Wildman–Crippen LogP) is 0.477. The Bertz CT molecular complexity index is 645. The third kappa shape index (κ3) is 5.11. The molecule has 0 atom stereocenters. The maximum atomic E-state index is 12.3. The topological polar surface area (TPSA) is 108 Å². The molecule has 8 heteroatoms. The molecular weight excluding hydrogens is 320 g/mol. The Balaban J connectivity index is 1.90. The zero-order chi connectivity index (χ0) is 16.7. The SMILES string of the molecule is NCCCCNC(=O)CCS(=O)(=O)c1ccc2c(c1)OCCO2. The molecule has 0 unspecified atom stereocenters. The first-order valence-electron chi connectivity index (χ1n) is 7.62. The van der Waals surface area contributed by atoms with Crippen molar-refractivity contribution in [2.45, 2.75) is 24.2 Å². The Morgan fingerprint density at radius 2 is 1.91 bits per heavy atom. The number of carbonyl (C=O) groups excluding carboxylic acids is 1. The Morgan fingerprint density at radius 1 is 1.17 bits per heavy atom. The standard InChI is InChI=1S/C15H22N2O5S/c16-6-1-2-7-17-15(18)5-10-23(19,20)12-3-4-13-14(11-12)22-9-8-21-13/h3-4,11H,1-2,5-10,16H2,(H,17,18). The van der Waals surface area contributed by atoms with Gasteiger partial charge in [0.1, 0.15) is 13.2 Å². The van der Waals surface area contributed by atoms with Crippen molar-refractivity contribution in [1.29, 1.82) is 0 Å². The van der Waals surface area contributed by atoms with Crippen molar-refractivity contribution < 1.29 is 22.7 Å². The van der Waals surface area contributed by atoms with Crippen molar-refractivity contribution in [2.24, 2.45) is 5.73 Å². The van der Waals surface area contributed by atoms with E-state index in [1.807, 2.05) is 0 Å². The van der Waals surface area contributed by atoms with Crippen LogP contribution in [0.1, 0.15) is 19.3 Å². The minimum atomic E-state index is -3.54. The molecule has 0 saturated carbocycles. The zero-order valence-corrected chi connectivity index (χ0v) is 13.7. The zero-order valence-electron chi connectivity index (χ0n) is 12.9. The van der Waals surface area contributed by atoms with Crippen molar-refractivity contribution in [2.75, 3.05) is 32.1 Å². The first-order valence-corrected chi connectivity index (χ1v) is 9.27. The number of unbranched alkanes of at least 4 members (excludes halogenated alkanes) is 1. The van der Waals surface area contributed by atoms with E-state index in [4.69, 9.17) is 15.2 Å². The van der Waals surface area contributed by atoms with E-state index in [9.17, 15) is 13.2 Å².